The Morgan fingerprint density at radius 1 is 0.897 bits per heavy atom. The Morgan fingerprint density at radius 2 is 1.59 bits per heavy atom. The Morgan fingerprint density at radius 3 is 2.24 bits per heavy atom. The minimum Gasteiger partial charge on any atom is -0.439 e. The number of aromatic nitrogens is 3. The quantitative estimate of drug-likeness (QED) is 0.452. The smallest absolute Gasteiger partial charge is 0.223 e. The zero-order chi connectivity index (χ0) is 20.2. The van der Waals surface area contributed by atoms with Crippen molar-refractivity contribution in [2.24, 2.45) is 0 Å². The molecular weight excluding hydrogens is 369 g/mol. The first-order valence-electron chi connectivity index (χ1n) is 8.94. The number of hydrogen-bond acceptors (Lipinski definition) is 5. The van der Waals surface area contributed by atoms with Gasteiger partial charge in [0.15, 0.2) is 11.6 Å². The van der Waals surface area contributed by atoms with E-state index in [0.717, 1.165) is 5.69 Å². The average molecular weight is 385 g/mol. The predicted octanol–water partition coefficient (Wildman–Crippen LogP) is 5.01. The van der Waals surface area contributed by atoms with Crippen molar-refractivity contribution in [2.45, 2.75) is 6.92 Å². The molecule has 0 atom stereocenters. The Balaban J connectivity index is 1.54. The van der Waals surface area contributed by atoms with Crippen LogP contribution in [0, 0.1) is 12.7 Å². The summed E-state index contributed by atoms with van der Waals surface area (Å²) >= 11 is 0. The van der Waals surface area contributed by atoms with Crippen LogP contribution < -0.4 is 4.74 Å². The van der Waals surface area contributed by atoms with E-state index in [1.807, 2.05) is 25.1 Å². The van der Waals surface area contributed by atoms with Gasteiger partial charge in [-0.05, 0) is 67.6 Å². The molecule has 0 amide bonds. The Kier molecular flexibility index (Phi) is 5.07. The second-order valence-electron chi connectivity index (χ2n) is 6.35. The summed E-state index contributed by atoms with van der Waals surface area (Å²) in [6, 6.07) is 19.4. The van der Waals surface area contributed by atoms with Crippen LogP contribution in [0.2, 0.25) is 0 Å². The van der Waals surface area contributed by atoms with Crippen molar-refractivity contribution in [3.05, 3.63) is 102 Å². The molecule has 4 aromatic rings. The molecule has 29 heavy (non-hydrogen) atoms. The van der Waals surface area contributed by atoms with Gasteiger partial charge in [0, 0.05) is 29.1 Å². The number of nitrogens with zero attached hydrogens (tertiary/aromatic N) is 3. The third kappa shape index (κ3) is 4.32. The Hall–Kier alpha value is -3.93. The Labute approximate surface area is 166 Å². The van der Waals surface area contributed by atoms with Crippen LogP contribution in [0.5, 0.6) is 11.6 Å². The van der Waals surface area contributed by atoms with Crippen molar-refractivity contribution < 1.29 is 13.9 Å². The van der Waals surface area contributed by atoms with E-state index in [1.54, 1.807) is 36.5 Å². The molecule has 0 saturated heterocycles. The molecule has 2 aromatic heterocycles. The minimum absolute atomic E-state index is 0.188. The first-order valence-corrected chi connectivity index (χ1v) is 8.94. The summed E-state index contributed by atoms with van der Waals surface area (Å²) in [5.74, 6) is 0.826. The summed E-state index contributed by atoms with van der Waals surface area (Å²) < 4.78 is 18.9. The molecule has 0 fully saturated rings. The molecule has 6 heteroatoms. The predicted molar refractivity (Wildman–Crippen MR) is 106 cm³/mol. The zero-order valence-electron chi connectivity index (χ0n) is 15.5. The minimum atomic E-state index is -0.379. The van der Waals surface area contributed by atoms with Crippen molar-refractivity contribution in [2.75, 3.05) is 0 Å². The molecule has 4 rings (SSSR count). The van der Waals surface area contributed by atoms with Gasteiger partial charge < -0.3 is 4.74 Å². The number of ether oxygens (including phenoxy) is 1. The molecule has 0 radical (unpaired) electrons. The monoisotopic (exact) mass is 385 g/mol. The van der Waals surface area contributed by atoms with Crippen molar-refractivity contribution in [3.8, 4) is 23.1 Å². The van der Waals surface area contributed by atoms with Crippen LogP contribution in [-0.4, -0.2) is 20.7 Å². The van der Waals surface area contributed by atoms with Crippen LogP contribution in [0.3, 0.4) is 0 Å². The maximum atomic E-state index is 13.0. The first kappa shape index (κ1) is 18.4. The lowest BCUT2D eigenvalue weighted by Gasteiger charge is -2.08. The highest BCUT2D eigenvalue weighted by atomic mass is 19.1. The van der Waals surface area contributed by atoms with E-state index < -0.39 is 0 Å². The fraction of sp³-hybridized carbons (Fsp3) is 0.0435. The van der Waals surface area contributed by atoms with E-state index in [9.17, 15) is 9.18 Å². The van der Waals surface area contributed by atoms with Crippen molar-refractivity contribution >= 4 is 5.78 Å². The molecule has 0 N–H and O–H groups in total. The van der Waals surface area contributed by atoms with E-state index in [4.69, 9.17) is 4.74 Å². The van der Waals surface area contributed by atoms with Gasteiger partial charge >= 0.3 is 0 Å². The standard InChI is InChI=1S/C23H16FN3O2/c1-15-14-21(27-23(26-15)20-4-2-3-13-25-20)29-19-11-7-17(8-12-19)22(28)16-5-9-18(24)10-6-16/h2-14H,1H3. The van der Waals surface area contributed by atoms with E-state index in [-0.39, 0.29) is 11.6 Å². The van der Waals surface area contributed by atoms with Gasteiger partial charge in [-0.25, -0.2) is 9.37 Å². The number of ketones is 1. The lowest BCUT2D eigenvalue weighted by molar-refractivity contribution is 0.103. The van der Waals surface area contributed by atoms with Crippen LogP contribution in [0.1, 0.15) is 21.6 Å². The summed E-state index contributed by atoms with van der Waals surface area (Å²) in [6.07, 6.45) is 1.68. The summed E-state index contributed by atoms with van der Waals surface area (Å²) in [5, 5.41) is 0. The number of halogens is 1. The molecule has 5 nitrogen and oxygen atoms in total. The molecule has 0 aliphatic carbocycles. The van der Waals surface area contributed by atoms with Gasteiger partial charge in [0.25, 0.3) is 0 Å². The summed E-state index contributed by atoms with van der Waals surface area (Å²) in [5.41, 5.74) is 2.31. The summed E-state index contributed by atoms with van der Waals surface area (Å²) in [7, 11) is 0. The van der Waals surface area contributed by atoms with Gasteiger partial charge in [-0.3, -0.25) is 9.78 Å². The summed E-state index contributed by atoms with van der Waals surface area (Å²) in [4.78, 5) is 25.6. The van der Waals surface area contributed by atoms with Crippen molar-refractivity contribution in [1.82, 2.24) is 15.0 Å². The number of hydrogen-bond donors (Lipinski definition) is 0. The van der Waals surface area contributed by atoms with Gasteiger partial charge in [0.1, 0.15) is 17.3 Å². The van der Waals surface area contributed by atoms with Gasteiger partial charge in [0.05, 0.1) is 0 Å². The molecular formula is C23H16FN3O2. The molecule has 0 bridgehead atoms. The number of pyridine rings is 1. The lowest BCUT2D eigenvalue weighted by Crippen LogP contribution is -2.01. The molecule has 2 aromatic carbocycles. The van der Waals surface area contributed by atoms with Crippen molar-refractivity contribution in [1.29, 1.82) is 0 Å². The number of rotatable bonds is 5. The van der Waals surface area contributed by atoms with Gasteiger partial charge in [-0.15, -0.1) is 0 Å². The first-order chi connectivity index (χ1) is 14.1. The third-order valence-electron chi connectivity index (χ3n) is 4.17. The van der Waals surface area contributed by atoms with E-state index in [2.05, 4.69) is 15.0 Å². The van der Waals surface area contributed by atoms with Crippen molar-refractivity contribution in [3.63, 3.8) is 0 Å². The molecule has 0 aliphatic rings. The van der Waals surface area contributed by atoms with Crippen LogP contribution in [0.4, 0.5) is 4.39 Å². The van der Waals surface area contributed by atoms with Crippen LogP contribution >= 0.6 is 0 Å². The number of benzene rings is 2. The van der Waals surface area contributed by atoms with Crippen LogP contribution in [0.25, 0.3) is 11.5 Å². The van der Waals surface area contributed by atoms with E-state index >= 15 is 0 Å². The van der Waals surface area contributed by atoms with Crippen LogP contribution in [0.15, 0.2) is 79.0 Å². The molecule has 0 saturated carbocycles. The zero-order valence-corrected chi connectivity index (χ0v) is 15.5. The summed E-state index contributed by atoms with van der Waals surface area (Å²) in [6.45, 7) is 1.85. The second-order valence-corrected chi connectivity index (χ2v) is 6.35. The van der Waals surface area contributed by atoms with Gasteiger partial charge in [-0.2, -0.15) is 4.98 Å². The molecule has 0 unspecified atom stereocenters. The average Bonchev–Trinajstić information content (AvgIpc) is 2.74. The number of carbonyl (C=O) groups is 1. The van der Waals surface area contributed by atoms with E-state index in [0.29, 0.717) is 34.3 Å². The maximum absolute atomic E-state index is 13.0. The highest BCUT2D eigenvalue weighted by molar-refractivity contribution is 6.09. The lowest BCUT2D eigenvalue weighted by atomic mass is 10.0. The largest absolute Gasteiger partial charge is 0.439 e. The molecule has 0 aliphatic heterocycles. The SMILES string of the molecule is Cc1cc(Oc2ccc(C(=O)c3ccc(F)cc3)cc2)nc(-c2ccccn2)n1. The highest BCUT2D eigenvalue weighted by Gasteiger charge is 2.11. The van der Waals surface area contributed by atoms with E-state index in [1.165, 1.54) is 24.3 Å². The van der Waals surface area contributed by atoms with Gasteiger partial charge in [0.2, 0.25) is 5.88 Å². The fourth-order valence-electron chi connectivity index (χ4n) is 2.76. The fourth-order valence-corrected chi connectivity index (χ4v) is 2.76. The number of carbonyl (C=O) groups excluding carboxylic acids is 1. The maximum Gasteiger partial charge on any atom is 0.223 e. The topological polar surface area (TPSA) is 65.0 Å². The second kappa shape index (κ2) is 7.98. The van der Waals surface area contributed by atoms with Gasteiger partial charge in [-0.1, -0.05) is 6.07 Å². The molecule has 142 valence electrons. The molecule has 2 heterocycles. The number of aryl methyl sites for hydroxylation is 1. The Bertz CT molecular complexity index is 1150. The van der Waals surface area contributed by atoms with Crippen LogP contribution in [-0.2, 0) is 0 Å². The molecule has 0 spiro atoms. The normalized spacial score (nSPS) is 10.6. The highest BCUT2D eigenvalue weighted by Crippen LogP contribution is 2.23. The third-order valence-corrected chi connectivity index (χ3v) is 4.17.